The van der Waals surface area contributed by atoms with E-state index in [-0.39, 0.29) is 34.9 Å². The van der Waals surface area contributed by atoms with Crippen molar-refractivity contribution in [2.45, 2.75) is 24.4 Å². The lowest BCUT2D eigenvalue weighted by Gasteiger charge is -2.27. The molecular weight excluding hydrogens is 643 g/mol. The molecule has 1 atom stereocenters. The minimum Gasteiger partial charge on any atom is -0.510 e. The van der Waals surface area contributed by atoms with Crippen LogP contribution in [0.15, 0.2) is 59.5 Å². The van der Waals surface area contributed by atoms with E-state index in [9.17, 15) is 52.5 Å². The molecular formula is C31H18F3N5O9. The first-order chi connectivity index (χ1) is 22.7. The Bertz CT molecular complexity index is 2790. The summed E-state index contributed by atoms with van der Waals surface area (Å²) in [5.41, 5.74) is -6.16. The summed E-state index contributed by atoms with van der Waals surface area (Å²) >= 11 is 0. The van der Waals surface area contributed by atoms with Gasteiger partial charge in [0.15, 0.2) is 11.2 Å². The van der Waals surface area contributed by atoms with Crippen molar-refractivity contribution in [3.8, 4) is 11.5 Å². The molecule has 2 aromatic heterocycles. The maximum atomic E-state index is 13.6. The fraction of sp³-hybridized carbons (Fsp3) is 0.161. The number of ether oxygens (including phenoxy) is 1. The van der Waals surface area contributed by atoms with Gasteiger partial charge in [-0.3, -0.25) is 24.0 Å². The molecule has 1 unspecified atom stereocenters. The molecule has 1 spiro atoms. The number of hydrogen-bond donors (Lipinski definition) is 5. The van der Waals surface area contributed by atoms with E-state index in [0.717, 1.165) is 25.6 Å². The second kappa shape index (κ2) is 10.1. The van der Waals surface area contributed by atoms with Gasteiger partial charge in [0.25, 0.3) is 5.56 Å². The molecule has 0 amide bonds. The molecule has 0 fully saturated rings. The van der Waals surface area contributed by atoms with Crippen molar-refractivity contribution in [1.29, 1.82) is 0 Å². The number of alkyl halides is 3. The predicted octanol–water partition coefficient (Wildman–Crippen LogP) is -0.232. The summed E-state index contributed by atoms with van der Waals surface area (Å²) in [4.78, 5) is 75.5. The monoisotopic (exact) mass is 661 g/mol. The third kappa shape index (κ3) is 3.99. The molecule has 3 aromatic rings. The molecule has 0 aliphatic heterocycles. The minimum atomic E-state index is -4.71. The maximum Gasteiger partial charge on any atom is 0.433 e. The van der Waals surface area contributed by atoms with E-state index in [1.807, 2.05) is 0 Å². The molecule has 1 aromatic carbocycles. The van der Waals surface area contributed by atoms with Gasteiger partial charge in [-0.05, 0) is 35.9 Å². The molecule has 2 heterocycles. The number of methoxy groups -OCH3 is 1. The average Bonchev–Trinajstić information content (AvgIpc) is 3.52. The van der Waals surface area contributed by atoms with Crippen molar-refractivity contribution in [3.05, 3.63) is 125 Å². The number of hydrogen-bond acceptors (Lipinski definition) is 13. The van der Waals surface area contributed by atoms with Crippen molar-refractivity contribution < 1.29 is 33.2 Å². The number of fused-ring (bicyclic) bond motifs is 4. The van der Waals surface area contributed by atoms with Gasteiger partial charge < -0.3 is 25.0 Å². The highest BCUT2D eigenvalue weighted by Gasteiger charge is 2.53. The number of aliphatic hydroxyl groups excluding tert-OH is 2. The number of aryl methyl sites for hydroxylation is 1. The second-order valence-electron chi connectivity index (χ2n) is 11.1. The molecule has 17 heteroatoms. The average molecular weight is 662 g/mol. The van der Waals surface area contributed by atoms with E-state index in [2.05, 4.69) is 25.5 Å². The number of hydrazone groups is 1. The van der Waals surface area contributed by atoms with Crippen LogP contribution in [0.3, 0.4) is 0 Å². The third-order valence-electron chi connectivity index (χ3n) is 8.59. The normalized spacial score (nSPS) is 17.2. The Labute approximate surface area is 261 Å². The van der Waals surface area contributed by atoms with Crippen LogP contribution in [-0.4, -0.2) is 43.6 Å². The van der Waals surface area contributed by atoms with Gasteiger partial charge in [0.2, 0.25) is 22.2 Å². The number of aromatic hydroxyl groups is 1. The number of benzene rings is 1. The fourth-order valence-electron chi connectivity index (χ4n) is 6.57. The lowest BCUT2D eigenvalue weighted by Crippen LogP contribution is -2.51. The number of aliphatic hydroxyl groups is 2. The van der Waals surface area contributed by atoms with Crippen molar-refractivity contribution in [3.63, 3.8) is 0 Å². The van der Waals surface area contributed by atoms with Gasteiger partial charge in [-0.1, -0.05) is 6.07 Å². The number of rotatable bonds is 4. The molecule has 48 heavy (non-hydrogen) atoms. The second-order valence-corrected chi connectivity index (χ2v) is 11.1. The number of phenolic OH excluding ortho intramolecular Hbond substituents is 1. The molecule has 4 aliphatic carbocycles. The van der Waals surface area contributed by atoms with Gasteiger partial charge in [0, 0.05) is 17.8 Å². The summed E-state index contributed by atoms with van der Waals surface area (Å²) in [7, 11) is 1.09. The number of nitrogens with zero attached hydrogens (tertiary/aromatic N) is 3. The van der Waals surface area contributed by atoms with Crippen molar-refractivity contribution >= 4 is 34.5 Å². The molecule has 7 rings (SSSR count). The zero-order valence-corrected chi connectivity index (χ0v) is 24.1. The Morgan fingerprint density at radius 3 is 2.33 bits per heavy atom. The number of pyridine rings is 1. The quantitative estimate of drug-likeness (QED) is 0.125. The van der Waals surface area contributed by atoms with Crippen LogP contribution in [-0.2, 0) is 18.0 Å². The lowest BCUT2D eigenvalue weighted by atomic mass is 9.78. The summed E-state index contributed by atoms with van der Waals surface area (Å²) in [5.74, 6) is -3.33. The molecule has 0 saturated heterocycles. The van der Waals surface area contributed by atoms with E-state index >= 15 is 0 Å². The smallest absolute Gasteiger partial charge is 0.433 e. The predicted molar refractivity (Wildman–Crippen MR) is 162 cm³/mol. The van der Waals surface area contributed by atoms with E-state index in [4.69, 9.17) is 4.74 Å². The Balaban J connectivity index is 1.38. The van der Waals surface area contributed by atoms with Crippen molar-refractivity contribution in [1.82, 2.24) is 15.0 Å². The zero-order valence-electron chi connectivity index (χ0n) is 24.1. The Morgan fingerprint density at radius 2 is 1.67 bits per heavy atom. The highest BCUT2D eigenvalue weighted by Crippen LogP contribution is 2.54. The van der Waals surface area contributed by atoms with Crippen LogP contribution in [0.1, 0.15) is 28.9 Å². The van der Waals surface area contributed by atoms with Gasteiger partial charge in [-0.15, -0.1) is 0 Å². The largest absolute Gasteiger partial charge is 0.510 e. The van der Waals surface area contributed by atoms with Gasteiger partial charge >= 0.3 is 6.18 Å². The van der Waals surface area contributed by atoms with Gasteiger partial charge in [-0.2, -0.15) is 18.3 Å². The van der Waals surface area contributed by atoms with Crippen molar-refractivity contribution in [2.24, 2.45) is 5.10 Å². The zero-order chi connectivity index (χ0) is 34.4. The SMILES string of the molecule is COc1cc(=O)c2c(=O)c3c(c(=O)c=2c1=O)=C(O)C1(CCc2cc4cc(C=NNc5nccc(C(F)(F)F)n5)[nH]c(=O)c4c(O)c21)C=3O. The first-order valence-electron chi connectivity index (χ1n) is 13.9. The minimum absolute atomic E-state index is 0.0482. The standard InChI is InChI=1S/C31H18F3N5O9/c1-48-14-8-13(40)17-18(22(14)41)24(43)20-19(23(17)42)26(45)30(27(20)46)4-2-10-6-11-7-12(37-28(47)16(11)25(44)21(10)30)9-36-39-29-35-5-3-15(38-29)31(32,33)34/h3,5-9,44-46H,2,4H2,1H3,(H,37,47)(H,35,38,39). The van der Waals surface area contributed by atoms with Crippen LogP contribution >= 0.6 is 0 Å². The summed E-state index contributed by atoms with van der Waals surface area (Å²) in [6.07, 6.45) is -2.90. The van der Waals surface area contributed by atoms with Gasteiger partial charge in [-0.25, -0.2) is 15.4 Å². The highest BCUT2D eigenvalue weighted by atomic mass is 19.4. The van der Waals surface area contributed by atoms with Crippen LogP contribution in [0, 0.1) is 10.4 Å². The van der Waals surface area contributed by atoms with E-state index < -0.39 is 94.4 Å². The molecule has 14 nitrogen and oxygen atoms in total. The number of halogens is 3. The lowest BCUT2D eigenvalue weighted by molar-refractivity contribution is -0.141. The topological polar surface area (TPSA) is 221 Å². The Morgan fingerprint density at radius 1 is 0.979 bits per heavy atom. The summed E-state index contributed by atoms with van der Waals surface area (Å²) in [6, 6.07) is 4.27. The summed E-state index contributed by atoms with van der Waals surface area (Å²) in [6.45, 7) is 0. The highest BCUT2D eigenvalue weighted by molar-refractivity contribution is 5.96. The van der Waals surface area contributed by atoms with Gasteiger partial charge in [0.1, 0.15) is 28.4 Å². The number of nitrogens with one attached hydrogen (secondary N) is 2. The van der Waals surface area contributed by atoms with E-state index in [1.165, 1.54) is 12.1 Å². The van der Waals surface area contributed by atoms with Crippen LogP contribution in [0.25, 0.3) is 22.3 Å². The van der Waals surface area contributed by atoms with E-state index in [0.29, 0.717) is 11.6 Å². The van der Waals surface area contributed by atoms with Crippen LogP contribution in [0.4, 0.5) is 19.1 Å². The van der Waals surface area contributed by atoms with Crippen molar-refractivity contribution in [2.75, 3.05) is 12.5 Å². The van der Waals surface area contributed by atoms with Crippen LogP contribution < -0.4 is 47.9 Å². The molecule has 242 valence electrons. The van der Waals surface area contributed by atoms with E-state index in [1.54, 1.807) is 0 Å². The van der Waals surface area contributed by atoms with Crippen LogP contribution in [0.5, 0.6) is 11.5 Å². The molecule has 0 saturated carbocycles. The molecule has 5 N–H and O–H groups in total. The Hall–Kier alpha value is -6.39. The maximum absolute atomic E-state index is 13.6. The van der Waals surface area contributed by atoms with Crippen LogP contribution in [0.2, 0.25) is 0 Å². The number of aromatic nitrogens is 3. The number of phenols is 1. The summed E-state index contributed by atoms with van der Waals surface area (Å²) < 4.78 is 43.7. The number of anilines is 1. The van der Waals surface area contributed by atoms with Gasteiger partial charge in [0.05, 0.1) is 45.3 Å². The Kier molecular flexibility index (Phi) is 6.34. The first kappa shape index (κ1) is 30.3. The first-order valence-corrected chi connectivity index (χ1v) is 13.9. The number of aromatic amines is 1. The molecule has 4 aliphatic rings. The fourth-order valence-corrected chi connectivity index (χ4v) is 6.57. The third-order valence-corrected chi connectivity index (χ3v) is 8.59. The molecule has 0 radical (unpaired) electrons. The molecule has 0 bridgehead atoms. The summed E-state index contributed by atoms with van der Waals surface area (Å²) in [5, 5.41) is 35.2. The number of H-pyrrole nitrogens is 1.